The van der Waals surface area contributed by atoms with E-state index in [1.54, 1.807) is 7.05 Å². The van der Waals surface area contributed by atoms with Crippen LogP contribution in [0.2, 0.25) is 5.02 Å². The zero-order valence-electron chi connectivity index (χ0n) is 14.1. The van der Waals surface area contributed by atoms with Crippen LogP contribution in [0.1, 0.15) is 24.2 Å². The Labute approximate surface area is 165 Å². The molecule has 2 aromatic rings. The monoisotopic (exact) mass is 461 g/mol. The van der Waals surface area contributed by atoms with Crippen LogP contribution in [0.4, 0.5) is 0 Å². The van der Waals surface area contributed by atoms with Gasteiger partial charge in [-0.1, -0.05) is 23.7 Å². The van der Waals surface area contributed by atoms with E-state index in [0.29, 0.717) is 0 Å². The highest BCUT2D eigenvalue weighted by Crippen LogP contribution is 2.09. The Morgan fingerprint density at radius 3 is 2.58 bits per heavy atom. The first-order chi connectivity index (χ1) is 11.2. The van der Waals surface area contributed by atoms with E-state index < -0.39 is 0 Å². The summed E-state index contributed by atoms with van der Waals surface area (Å²) in [5.41, 5.74) is 1.17. The summed E-state index contributed by atoms with van der Waals surface area (Å²) in [7, 11) is 1.78. The molecule has 0 spiro atoms. The molecule has 2 N–H and O–H groups in total. The third-order valence-electron chi connectivity index (χ3n) is 3.64. The molecule has 0 fully saturated rings. The Kier molecular flexibility index (Phi) is 9.78. The Morgan fingerprint density at radius 2 is 1.96 bits per heavy atom. The fourth-order valence-electron chi connectivity index (χ4n) is 2.26. The summed E-state index contributed by atoms with van der Waals surface area (Å²) in [6, 6.07) is 7.81. The van der Waals surface area contributed by atoms with Gasteiger partial charge >= 0.3 is 0 Å². The molecule has 132 valence electrons. The summed E-state index contributed by atoms with van der Waals surface area (Å²) in [5.74, 6) is 1.89. The van der Waals surface area contributed by atoms with E-state index in [9.17, 15) is 0 Å². The zero-order chi connectivity index (χ0) is 16.5. The molecule has 0 aliphatic heterocycles. The third kappa shape index (κ3) is 7.09. The summed E-state index contributed by atoms with van der Waals surface area (Å²) in [6.07, 6.45) is 6.06. The Hall–Kier alpha value is -1.28. The predicted octanol–water partition coefficient (Wildman–Crippen LogP) is 3.61. The van der Waals surface area contributed by atoms with Crippen molar-refractivity contribution in [1.29, 1.82) is 0 Å². The summed E-state index contributed by atoms with van der Waals surface area (Å²) in [4.78, 5) is 8.46. The average Bonchev–Trinajstić information content (AvgIpc) is 2.97. The largest absolute Gasteiger partial charge is 0.356 e. The first-order valence-corrected chi connectivity index (χ1v) is 8.23. The van der Waals surface area contributed by atoms with Crippen LogP contribution in [0.25, 0.3) is 0 Å². The molecule has 0 bridgehead atoms. The van der Waals surface area contributed by atoms with Crippen LogP contribution in [0.3, 0.4) is 0 Å². The molecule has 0 aliphatic carbocycles. The molecule has 7 heteroatoms. The number of halogens is 2. The van der Waals surface area contributed by atoms with Crippen LogP contribution in [0, 0.1) is 6.92 Å². The molecule has 0 aliphatic rings. The van der Waals surface area contributed by atoms with Crippen molar-refractivity contribution in [1.82, 2.24) is 20.2 Å². The maximum Gasteiger partial charge on any atom is 0.191 e. The molecule has 2 rings (SSSR count). The number of nitrogens with zero attached hydrogens (tertiary/aromatic N) is 3. The minimum atomic E-state index is 0. The molecule has 24 heavy (non-hydrogen) atoms. The van der Waals surface area contributed by atoms with E-state index in [0.717, 1.165) is 49.3 Å². The number of guanidine groups is 1. The maximum absolute atomic E-state index is 5.88. The normalized spacial score (nSPS) is 11.0. The SMILES string of the molecule is CN=C(NCCCCn1ccnc1C)NCc1ccc(Cl)cc1.I. The van der Waals surface area contributed by atoms with Gasteiger partial charge in [-0.05, 0) is 37.5 Å². The summed E-state index contributed by atoms with van der Waals surface area (Å²) >= 11 is 5.88. The fraction of sp³-hybridized carbons (Fsp3) is 0.412. The second-order valence-electron chi connectivity index (χ2n) is 5.35. The fourth-order valence-corrected chi connectivity index (χ4v) is 2.39. The molecule has 1 aromatic carbocycles. The molecule has 1 aromatic heterocycles. The standard InChI is InChI=1S/C17H24ClN5.HI/c1-14-20-10-12-23(14)11-4-3-9-21-17(19-2)22-13-15-5-7-16(18)8-6-15;/h5-8,10,12H,3-4,9,11,13H2,1-2H3,(H2,19,21,22);1H. The number of rotatable bonds is 7. The number of aromatic nitrogens is 2. The van der Waals surface area contributed by atoms with Crippen molar-refractivity contribution >= 4 is 41.5 Å². The summed E-state index contributed by atoms with van der Waals surface area (Å²) < 4.78 is 2.17. The third-order valence-corrected chi connectivity index (χ3v) is 3.89. The Morgan fingerprint density at radius 1 is 1.21 bits per heavy atom. The van der Waals surface area contributed by atoms with Crippen molar-refractivity contribution in [2.45, 2.75) is 32.9 Å². The van der Waals surface area contributed by atoms with Crippen molar-refractivity contribution in [3.05, 3.63) is 53.1 Å². The first-order valence-electron chi connectivity index (χ1n) is 7.86. The van der Waals surface area contributed by atoms with Crippen LogP contribution >= 0.6 is 35.6 Å². The van der Waals surface area contributed by atoms with Crippen molar-refractivity contribution in [2.75, 3.05) is 13.6 Å². The molecule has 5 nitrogen and oxygen atoms in total. The van der Waals surface area contributed by atoms with E-state index in [-0.39, 0.29) is 24.0 Å². The van der Waals surface area contributed by atoms with E-state index in [1.165, 1.54) is 5.56 Å². The van der Waals surface area contributed by atoms with Gasteiger partial charge in [0.25, 0.3) is 0 Å². The van der Waals surface area contributed by atoms with Gasteiger partial charge in [0.05, 0.1) is 0 Å². The number of hydrogen-bond donors (Lipinski definition) is 2. The number of hydrogen-bond acceptors (Lipinski definition) is 2. The number of benzene rings is 1. The molecule has 0 radical (unpaired) electrons. The lowest BCUT2D eigenvalue weighted by atomic mass is 10.2. The molecule has 0 unspecified atom stereocenters. The lowest BCUT2D eigenvalue weighted by molar-refractivity contribution is 0.588. The maximum atomic E-state index is 5.88. The van der Waals surface area contributed by atoms with Crippen LogP contribution in [0.15, 0.2) is 41.7 Å². The average molecular weight is 462 g/mol. The van der Waals surface area contributed by atoms with Crippen LogP contribution < -0.4 is 10.6 Å². The van der Waals surface area contributed by atoms with Crippen LogP contribution in [-0.4, -0.2) is 29.1 Å². The topological polar surface area (TPSA) is 54.2 Å². The summed E-state index contributed by atoms with van der Waals surface area (Å²) in [5, 5.41) is 7.39. The predicted molar refractivity (Wildman–Crippen MR) is 111 cm³/mol. The highest BCUT2D eigenvalue weighted by molar-refractivity contribution is 14.0. The van der Waals surface area contributed by atoms with Crippen molar-refractivity contribution in [3.63, 3.8) is 0 Å². The number of nitrogens with one attached hydrogen (secondary N) is 2. The quantitative estimate of drug-likeness (QED) is 0.287. The van der Waals surface area contributed by atoms with Crippen molar-refractivity contribution < 1.29 is 0 Å². The lowest BCUT2D eigenvalue weighted by Crippen LogP contribution is -2.37. The van der Waals surface area contributed by atoms with Gasteiger partial charge in [-0.2, -0.15) is 0 Å². The molecule has 0 saturated carbocycles. The number of unbranched alkanes of at least 4 members (excludes halogenated alkanes) is 1. The highest BCUT2D eigenvalue weighted by atomic mass is 127. The van der Waals surface area contributed by atoms with Gasteiger partial charge in [0.1, 0.15) is 5.82 Å². The van der Waals surface area contributed by atoms with Gasteiger partial charge in [0.15, 0.2) is 5.96 Å². The number of aryl methyl sites for hydroxylation is 2. The number of imidazole rings is 1. The molecule has 0 saturated heterocycles. The van der Waals surface area contributed by atoms with E-state index >= 15 is 0 Å². The van der Waals surface area contributed by atoms with Gasteiger partial charge in [0.2, 0.25) is 0 Å². The highest BCUT2D eigenvalue weighted by Gasteiger charge is 1.99. The van der Waals surface area contributed by atoms with Crippen LogP contribution in [-0.2, 0) is 13.1 Å². The van der Waals surface area contributed by atoms with Gasteiger partial charge in [-0.3, -0.25) is 4.99 Å². The van der Waals surface area contributed by atoms with Gasteiger partial charge in [-0.25, -0.2) is 4.98 Å². The second-order valence-corrected chi connectivity index (χ2v) is 5.79. The van der Waals surface area contributed by atoms with E-state index in [2.05, 4.69) is 25.2 Å². The van der Waals surface area contributed by atoms with Crippen LogP contribution in [0.5, 0.6) is 0 Å². The Bertz CT molecular complexity index is 624. The lowest BCUT2D eigenvalue weighted by Gasteiger charge is -2.12. The zero-order valence-corrected chi connectivity index (χ0v) is 17.2. The minimum absolute atomic E-state index is 0. The first kappa shape index (κ1) is 20.8. The van der Waals surface area contributed by atoms with Gasteiger partial charge in [-0.15, -0.1) is 24.0 Å². The molecule has 1 heterocycles. The minimum Gasteiger partial charge on any atom is -0.356 e. The molecular weight excluding hydrogens is 437 g/mol. The van der Waals surface area contributed by atoms with E-state index in [1.807, 2.05) is 43.6 Å². The van der Waals surface area contributed by atoms with Crippen molar-refractivity contribution in [3.8, 4) is 0 Å². The number of aliphatic imine (C=N–C) groups is 1. The molecular formula is C17H25ClIN5. The Balaban J connectivity index is 0.00000288. The molecule has 0 atom stereocenters. The second kappa shape index (κ2) is 11.3. The van der Waals surface area contributed by atoms with E-state index in [4.69, 9.17) is 11.6 Å². The van der Waals surface area contributed by atoms with Gasteiger partial charge in [0, 0.05) is 44.1 Å². The molecule has 0 amide bonds. The van der Waals surface area contributed by atoms with Gasteiger partial charge < -0.3 is 15.2 Å². The van der Waals surface area contributed by atoms with Crippen molar-refractivity contribution in [2.24, 2.45) is 4.99 Å². The smallest absolute Gasteiger partial charge is 0.191 e. The summed E-state index contributed by atoms with van der Waals surface area (Å²) in [6.45, 7) is 4.66.